The van der Waals surface area contributed by atoms with E-state index in [-0.39, 0.29) is 0 Å². The molecule has 0 atom stereocenters. The Bertz CT molecular complexity index is 2350. The van der Waals surface area contributed by atoms with Gasteiger partial charge in [0.1, 0.15) is 11.1 Å². The van der Waals surface area contributed by atoms with Crippen LogP contribution in [-0.2, 0) is 0 Å². The van der Waals surface area contributed by atoms with Crippen LogP contribution in [0, 0.1) is 0 Å². The Labute approximate surface area is 286 Å². The molecular weight excluding hydrogens is 617 g/mol. The maximum Gasteiger partial charge on any atom is 0.216 e. The molecule has 2 aliphatic rings. The standard InChI is InChI=1S/C43H32N4OSi/c1-31-16-6-5-15-29-46-37-23-13-14-24-38(37)47(43(46)45-31)39-27-28-44-41-36-30-35(25-26-40(36)48-42(39)41)49(32-17-7-2-8-18-32,33-19-9-3-10-20-33)34-21-11-4-12-22-34/h2-28,30H,1,29H2/b15-5-,16-6-,45-43?. The molecule has 4 heterocycles. The van der Waals surface area contributed by atoms with Crippen molar-refractivity contribution < 1.29 is 4.42 Å². The Kier molecular flexibility index (Phi) is 6.95. The van der Waals surface area contributed by atoms with E-state index in [0.717, 1.165) is 45.1 Å². The summed E-state index contributed by atoms with van der Waals surface area (Å²) in [6.45, 7) is 4.89. The van der Waals surface area contributed by atoms with Crippen molar-refractivity contribution in [3.05, 3.63) is 182 Å². The van der Waals surface area contributed by atoms with Crippen molar-refractivity contribution in [3.8, 4) is 0 Å². The first kappa shape index (κ1) is 28.9. The molecule has 2 aromatic heterocycles. The maximum absolute atomic E-state index is 6.77. The number of hydrogen-bond acceptors (Lipinski definition) is 5. The fraction of sp³-hybridized carbons (Fsp3) is 0.0233. The van der Waals surface area contributed by atoms with Gasteiger partial charge in [0.25, 0.3) is 0 Å². The largest absolute Gasteiger partial charge is 0.452 e. The number of allylic oxidation sites excluding steroid dienone is 3. The number of nitrogens with zero attached hydrogens (tertiary/aromatic N) is 4. The molecule has 0 saturated heterocycles. The molecule has 0 spiro atoms. The summed E-state index contributed by atoms with van der Waals surface area (Å²) in [5.74, 6) is 0.778. The first-order chi connectivity index (χ1) is 24.2. The predicted octanol–water partition coefficient (Wildman–Crippen LogP) is 7.31. The van der Waals surface area contributed by atoms with Gasteiger partial charge in [-0.3, -0.25) is 9.88 Å². The minimum absolute atomic E-state index is 0.673. The topological polar surface area (TPSA) is 44.9 Å². The first-order valence-electron chi connectivity index (χ1n) is 16.5. The first-order valence-corrected chi connectivity index (χ1v) is 18.5. The SMILES string of the molecule is C=C1/C=C\C=C/CN2C(=N1)N(c1ccnc3c1oc1ccc([Si](c4ccccc4)(c4ccccc4)c4ccccc4)cc13)c1ccccc12. The number of aromatic nitrogens is 1. The number of anilines is 3. The Morgan fingerprint density at radius 2 is 1.27 bits per heavy atom. The minimum Gasteiger partial charge on any atom is -0.452 e. The Balaban J connectivity index is 1.29. The number of guanidine groups is 1. The lowest BCUT2D eigenvalue weighted by Crippen LogP contribution is -2.74. The van der Waals surface area contributed by atoms with Crippen LogP contribution in [-0.4, -0.2) is 25.6 Å². The summed E-state index contributed by atoms with van der Waals surface area (Å²) in [5.41, 5.74) is 6.01. The number of rotatable bonds is 5. The number of pyridine rings is 1. The summed E-state index contributed by atoms with van der Waals surface area (Å²) in [7, 11) is -2.74. The summed E-state index contributed by atoms with van der Waals surface area (Å²) in [5, 5.41) is 6.23. The number of fused-ring (bicyclic) bond motifs is 6. The molecule has 2 aliphatic heterocycles. The molecule has 0 bridgehead atoms. The molecule has 6 heteroatoms. The van der Waals surface area contributed by atoms with Crippen LogP contribution in [0.15, 0.2) is 192 Å². The van der Waals surface area contributed by atoms with Gasteiger partial charge in [-0.1, -0.05) is 134 Å². The summed E-state index contributed by atoms with van der Waals surface area (Å²) in [6, 6.07) is 50.1. The van der Waals surface area contributed by atoms with Crippen LogP contribution in [0.4, 0.5) is 17.1 Å². The second-order valence-electron chi connectivity index (χ2n) is 12.3. The number of benzene rings is 5. The van der Waals surface area contributed by atoms with Crippen LogP contribution in [0.1, 0.15) is 0 Å². The third-order valence-electron chi connectivity index (χ3n) is 9.55. The van der Waals surface area contributed by atoms with Crippen molar-refractivity contribution >= 4 is 73.9 Å². The lowest BCUT2D eigenvalue weighted by Gasteiger charge is -2.34. The Morgan fingerprint density at radius 3 is 1.94 bits per heavy atom. The molecule has 234 valence electrons. The molecule has 5 nitrogen and oxygen atoms in total. The van der Waals surface area contributed by atoms with Crippen LogP contribution >= 0.6 is 0 Å². The van der Waals surface area contributed by atoms with Gasteiger partial charge >= 0.3 is 0 Å². The van der Waals surface area contributed by atoms with Gasteiger partial charge in [-0.25, -0.2) is 4.99 Å². The van der Waals surface area contributed by atoms with Gasteiger partial charge in [0.15, 0.2) is 13.7 Å². The number of hydrogen-bond donors (Lipinski definition) is 0. The number of furan rings is 1. The zero-order valence-corrected chi connectivity index (χ0v) is 27.8. The number of para-hydroxylation sites is 2. The van der Waals surface area contributed by atoms with Crippen molar-refractivity contribution in [3.63, 3.8) is 0 Å². The molecule has 7 aromatic rings. The molecule has 49 heavy (non-hydrogen) atoms. The maximum atomic E-state index is 6.77. The van der Waals surface area contributed by atoms with Crippen LogP contribution in [0.3, 0.4) is 0 Å². The van der Waals surface area contributed by atoms with Crippen LogP contribution < -0.4 is 30.5 Å². The Morgan fingerprint density at radius 1 is 0.633 bits per heavy atom. The van der Waals surface area contributed by atoms with E-state index in [4.69, 9.17) is 14.4 Å². The van der Waals surface area contributed by atoms with Crippen molar-refractivity contribution in [1.29, 1.82) is 0 Å². The quantitative estimate of drug-likeness (QED) is 0.145. The highest BCUT2D eigenvalue weighted by atomic mass is 28.3. The molecule has 0 N–H and O–H groups in total. The van der Waals surface area contributed by atoms with E-state index in [1.54, 1.807) is 0 Å². The number of aliphatic imine (C=N–C) groups is 1. The zero-order chi connectivity index (χ0) is 32.8. The van der Waals surface area contributed by atoms with E-state index in [2.05, 4.69) is 156 Å². The molecular formula is C43H32N4OSi. The Hall–Kier alpha value is -6.24. The molecule has 0 saturated carbocycles. The summed E-state index contributed by atoms with van der Waals surface area (Å²) in [4.78, 5) is 14.4. The van der Waals surface area contributed by atoms with E-state index in [0.29, 0.717) is 12.2 Å². The third kappa shape index (κ3) is 4.60. The van der Waals surface area contributed by atoms with Gasteiger partial charge in [0.2, 0.25) is 5.96 Å². The van der Waals surface area contributed by atoms with Crippen LogP contribution in [0.2, 0.25) is 0 Å². The van der Waals surface area contributed by atoms with E-state index < -0.39 is 8.07 Å². The average Bonchev–Trinajstić information content (AvgIpc) is 3.70. The molecule has 0 aliphatic carbocycles. The second-order valence-corrected chi connectivity index (χ2v) is 16.1. The molecule has 5 aromatic carbocycles. The summed E-state index contributed by atoms with van der Waals surface area (Å²) < 4.78 is 6.77. The van der Waals surface area contributed by atoms with Gasteiger partial charge in [-0.2, -0.15) is 0 Å². The normalized spacial score (nSPS) is 15.7. The lowest BCUT2D eigenvalue weighted by atomic mass is 10.2. The van der Waals surface area contributed by atoms with Crippen molar-refractivity contribution in [2.24, 2.45) is 4.99 Å². The van der Waals surface area contributed by atoms with Gasteiger partial charge < -0.3 is 9.32 Å². The highest BCUT2D eigenvalue weighted by Gasteiger charge is 2.42. The summed E-state index contributed by atoms with van der Waals surface area (Å²) in [6.07, 6.45) is 9.97. The molecule has 0 radical (unpaired) electrons. The van der Waals surface area contributed by atoms with Crippen molar-refractivity contribution in [2.45, 2.75) is 0 Å². The van der Waals surface area contributed by atoms with Crippen molar-refractivity contribution in [1.82, 2.24) is 4.98 Å². The van der Waals surface area contributed by atoms with Gasteiger partial charge in [0.05, 0.1) is 22.8 Å². The predicted molar refractivity (Wildman–Crippen MR) is 206 cm³/mol. The highest BCUT2D eigenvalue weighted by molar-refractivity contribution is 7.20. The van der Waals surface area contributed by atoms with E-state index in [9.17, 15) is 0 Å². The van der Waals surface area contributed by atoms with Crippen molar-refractivity contribution in [2.75, 3.05) is 16.3 Å². The molecule has 0 unspecified atom stereocenters. The molecule has 0 fully saturated rings. The second kappa shape index (κ2) is 11.8. The molecule has 0 amide bonds. The van der Waals surface area contributed by atoms with Crippen LogP contribution in [0.5, 0.6) is 0 Å². The van der Waals surface area contributed by atoms with Gasteiger partial charge in [-0.05, 0) is 57.2 Å². The molecule has 9 rings (SSSR count). The average molecular weight is 649 g/mol. The summed E-state index contributed by atoms with van der Waals surface area (Å²) >= 11 is 0. The third-order valence-corrected chi connectivity index (χ3v) is 14.3. The lowest BCUT2D eigenvalue weighted by molar-refractivity contribution is 0.668. The van der Waals surface area contributed by atoms with Crippen LogP contribution in [0.25, 0.3) is 22.1 Å². The minimum atomic E-state index is -2.74. The highest BCUT2D eigenvalue weighted by Crippen LogP contribution is 2.45. The van der Waals surface area contributed by atoms with E-state index in [1.165, 1.54) is 20.7 Å². The zero-order valence-electron chi connectivity index (χ0n) is 26.8. The van der Waals surface area contributed by atoms with Gasteiger partial charge in [-0.15, -0.1) is 0 Å². The smallest absolute Gasteiger partial charge is 0.216 e. The van der Waals surface area contributed by atoms with E-state index in [1.807, 2.05) is 30.5 Å². The van der Waals surface area contributed by atoms with E-state index >= 15 is 0 Å². The monoisotopic (exact) mass is 648 g/mol. The fourth-order valence-corrected chi connectivity index (χ4v) is 12.2. The van der Waals surface area contributed by atoms with Gasteiger partial charge in [0, 0.05) is 18.1 Å². The fourth-order valence-electron chi connectivity index (χ4n) is 7.44.